The number of unbranched alkanes of at least 4 members (excludes halogenated alkanes) is 2. The predicted octanol–water partition coefficient (Wildman–Crippen LogP) is 3.07. The zero-order valence-electron chi connectivity index (χ0n) is 18.2. The summed E-state index contributed by atoms with van der Waals surface area (Å²) in [5.41, 5.74) is 0.444. The Labute approximate surface area is 200 Å². The van der Waals surface area contributed by atoms with E-state index in [-0.39, 0.29) is 28.8 Å². The molecule has 0 amide bonds. The van der Waals surface area contributed by atoms with Crippen LogP contribution < -0.4 is 4.57 Å². The average molecular weight is 522 g/mol. The van der Waals surface area contributed by atoms with Gasteiger partial charge >= 0.3 is 5.97 Å². The lowest BCUT2D eigenvalue weighted by Crippen LogP contribution is -2.32. The summed E-state index contributed by atoms with van der Waals surface area (Å²) in [5.74, 6) is -0.728. The Morgan fingerprint density at radius 2 is 1.66 bits per heavy atom. The minimum absolute atomic E-state index is 0.0878. The number of benzene rings is 2. The van der Waals surface area contributed by atoms with Gasteiger partial charge in [-0.1, -0.05) is 6.07 Å². The van der Waals surface area contributed by atoms with Crippen molar-refractivity contribution in [2.45, 2.75) is 42.0 Å². The number of carboxylic acids is 1. The first kappa shape index (κ1) is 24.7. The SMILES string of the molecule is O=C(O)CCCCC[n+]1ccc(-c2nc3c(o2)c(S(=O)(=O)O)cc2cc(S(=O)(=O)O)ccc23)cc1. The van der Waals surface area contributed by atoms with E-state index in [1.165, 1.54) is 6.07 Å². The fourth-order valence-corrected chi connectivity index (χ4v) is 4.89. The van der Waals surface area contributed by atoms with E-state index < -0.39 is 36.0 Å². The second-order valence-corrected chi connectivity index (χ2v) is 10.7. The topological polar surface area (TPSA) is 176 Å². The van der Waals surface area contributed by atoms with Gasteiger partial charge in [0.15, 0.2) is 18.0 Å². The molecule has 35 heavy (non-hydrogen) atoms. The number of hydrogen-bond donors (Lipinski definition) is 3. The molecule has 184 valence electrons. The maximum Gasteiger partial charge on any atom is 0.303 e. The van der Waals surface area contributed by atoms with Gasteiger partial charge in [-0.15, -0.1) is 0 Å². The van der Waals surface area contributed by atoms with Gasteiger partial charge in [-0.3, -0.25) is 13.9 Å². The molecule has 0 saturated carbocycles. The van der Waals surface area contributed by atoms with Gasteiger partial charge in [0.05, 0.1) is 4.90 Å². The smallest absolute Gasteiger partial charge is 0.303 e. The van der Waals surface area contributed by atoms with Crippen LogP contribution in [0.25, 0.3) is 33.3 Å². The van der Waals surface area contributed by atoms with Crippen molar-refractivity contribution in [2.24, 2.45) is 0 Å². The van der Waals surface area contributed by atoms with Crippen molar-refractivity contribution >= 4 is 48.1 Å². The van der Waals surface area contributed by atoms with Crippen molar-refractivity contribution in [3.8, 4) is 11.5 Å². The minimum atomic E-state index is -4.75. The van der Waals surface area contributed by atoms with Crippen LogP contribution in [0.4, 0.5) is 0 Å². The summed E-state index contributed by atoms with van der Waals surface area (Å²) >= 11 is 0. The Kier molecular flexibility index (Phi) is 6.60. The van der Waals surface area contributed by atoms with Gasteiger partial charge in [0, 0.05) is 35.9 Å². The first-order valence-electron chi connectivity index (χ1n) is 10.5. The number of aromatic nitrogens is 2. The van der Waals surface area contributed by atoms with E-state index >= 15 is 0 Å². The van der Waals surface area contributed by atoms with Gasteiger partial charge in [0.25, 0.3) is 20.2 Å². The Bertz CT molecular complexity index is 1640. The molecule has 0 saturated heterocycles. The third-order valence-corrected chi connectivity index (χ3v) is 7.15. The summed E-state index contributed by atoms with van der Waals surface area (Å²) < 4.78 is 73.7. The maximum absolute atomic E-state index is 12.0. The predicted molar refractivity (Wildman–Crippen MR) is 123 cm³/mol. The van der Waals surface area contributed by atoms with Gasteiger partial charge in [0.1, 0.15) is 17.0 Å². The average Bonchev–Trinajstić information content (AvgIpc) is 3.22. The minimum Gasteiger partial charge on any atom is -0.481 e. The molecule has 11 nitrogen and oxygen atoms in total. The van der Waals surface area contributed by atoms with E-state index in [2.05, 4.69) is 4.98 Å². The van der Waals surface area contributed by atoms with E-state index in [0.29, 0.717) is 23.9 Å². The molecule has 0 atom stereocenters. The second kappa shape index (κ2) is 9.34. The summed E-state index contributed by atoms with van der Waals surface area (Å²) in [6.07, 6.45) is 5.88. The van der Waals surface area contributed by atoms with Crippen molar-refractivity contribution < 1.29 is 44.8 Å². The van der Waals surface area contributed by atoms with Crippen molar-refractivity contribution in [1.29, 1.82) is 0 Å². The molecule has 0 fully saturated rings. The van der Waals surface area contributed by atoms with Crippen LogP contribution in [0.15, 0.2) is 63.0 Å². The third-order valence-electron chi connectivity index (χ3n) is 5.44. The third kappa shape index (κ3) is 5.48. The number of fused-ring (bicyclic) bond motifs is 3. The van der Waals surface area contributed by atoms with Crippen molar-refractivity contribution in [2.75, 3.05) is 0 Å². The summed E-state index contributed by atoms with van der Waals surface area (Å²) in [5, 5.41) is 9.17. The summed E-state index contributed by atoms with van der Waals surface area (Å²) in [7, 11) is -9.29. The fourth-order valence-electron chi connectivity index (χ4n) is 3.72. The van der Waals surface area contributed by atoms with Crippen molar-refractivity contribution in [3.05, 3.63) is 48.8 Å². The molecule has 0 aliphatic heterocycles. The van der Waals surface area contributed by atoms with Crippen LogP contribution in [-0.2, 0) is 31.6 Å². The lowest BCUT2D eigenvalue weighted by Gasteiger charge is -2.04. The number of aryl methyl sites for hydroxylation is 1. The molecule has 2 aromatic heterocycles. The molecule has 0 radical (unpaired) electrons. The molecular formula is C22H21N2O9S2+. The highest BCUT2D eigenvalue weighted by Crippen LogP contribution is 2.35. The largest absolute Gasteiger partial charge is 0.481 e. The van der Waals surface area contributed by atoms with E-state index in [4.69, 9.17) is 9.52 Å². The van der Waals surface area contributed by atoms with E-state index in [1.54, 1.807) is 24.5 Å². The zero-order chi connectivity index (χ0) is 25.4. The number of hydrogen-bond acceptors (Lipinski definition) is 7. The first-order chi connectivity index (χ1) is 16.4. The number of nitrogens with zero attached hydrogens (tertiary/aromatic N) is 2. The van der Waals surface area contributed by atoms with Crippen LogP contribution in [0.5, 0.6) is 0 Å². The number of carbonyl (C=O) groups is 1. The van der Waals surface area contributed by atoms with Crippen LogP contribution in [0.2, 0.25) is 0 Å². The quantitative estimate of drug-likeness (QED) is 0.168. The molecule has 4 aromatic rings. The van der Waals surface area contributed by atoms with E-state index in [9.17, 15) is 30.7 Å². The molecule has 13 heteroatoms. The number of aliphatic carboxylic acids is 1. The fraction of sp³-hybridized carbons (Fsp3) is 0.227. The van der Waals surface area contributed by atoms with Crippen LogP contribution in [0.3, 0.4) is 0 Å². The first-order valence-corrected chi connectivity index (χ1v) is 13.3. The van der Waals surface area contributed by atoms with Crippen molar-refractivity contribution in [1.82, 2.24) is 4.98 Å². The van der Waals surface area contributed by atoms with E-state index in [1.807, 2.05) is 4.57 Å². The summed E-state index contributed by atoms with van der Waals surface area (Å²) in [6.45, 7) is 0.682. The zero-order valence-corrected chi connectivity index (χ0v) is 19.8. The maximum atomic E-state index is 12.0. The molecule has 2 aromatic carbocycles. The summed E-state index contributed by atoms with van der Waals surface area (Å²) in [4.78, 5) is 13.9. The molecule has 0 aliphatic carbocycles. The highest BCUT2D eigenvalue weighted by Gasteiger charge is 2.24. The van der Waals surface area contributed by atoms with Gasteiger partial charge in [-0.25, -0.2) is 9.55 Å². The molecule has 2 heterocycles. The van der Waals surface area contributed by atoms with Crippen LogP contribution in [0, 0.1) is 0 Å². The van der Waals surface area contributed by atoms with Crippen LogP contribution in [0.1, 0.15) is 25.7 Å². The standard InChI is InChI=1S/C22H20N2O9S2/c25-19(26)4-2-1-3-9-24-10-7-14(8-11-24)22-23-20-17-6-5-16(34(27,28)29)12-15(17)13-18(21(20)33-22)35(30,31)32/h5-8,10-13H,1-4,9H2,(H2-,25,26,27,28,29,30,31,32)/p+1. The van der Waals surface area contributed by atoms with Gasteiger partial charge in [-0.2, -0.15) is 16.8 Å². The number of pyridine rings is 1. The molecule has 0 bridgehead atoms. The normalized spacial score (nSPS) is 12.4. The molecular weight excluding hydrogens is 500 g/mol. The number of oxazole rings is 1. The Hall–Kier alpha value is -3.39. The highest BCUT2D eigenvalue weighted by molar-refractivity contribution is 7.86. The lowest BCUT2D eigenvalue weighted by atomic mass is 10.1. The number of carboxylic acid groups (broad SMARTS) is 1. The Morgan fingerprint density at radius 1 is 0.943 bits per heavy atom. The molecule has 0 aliphatic rings. The van der Waals surface area contributed by atoms with Crippen LogP contribution in [-0.4, -0.2) is 42.0 Å². The van der Waals surface area contributed by atoms with E-state index in [0.717, 1.165) is 31.0 Å². The molecule has 3 N–H and O–H groups in total. The van der Waals surface area contributed by atoms with Gasteiger partial charge in [0.2, 0.25) is 5.89 Å². The van der Waals surface area contributed by atoms with Crippen molar-refractivity contribution in [3.63, 3.8) is 0 Å². The molecule has 4 rings (SSSR count). The second-order valence-electron chi connectivity index (χ2n) is 7.93. The molecule has 0 spiro atoms. The highest BCUT2D eigenvalue weighted by atomic mass is 32.2. The summed E-state index contributed by atoms with van der Waals surface area (Å²) in [6, 6.07) is 8.08. The lowest BCUT2D eigenvalue weighted by molar-refractivity contribution is -0.697. The van der Waals surface area contributed by atoms with Gasteiger partial charge < -0.3 is 9.52 Å². The van der Waals surface area contributed by atoms with Crippen LogP contribution >= 0.6 is 0 Å². The number of rotatable bonds is 9. The molecule has 0 unspecified atom stereocenters. The Morgan fingerprint density at radius 3 is 2.29 bits per heavy atom. The Balaban J connectivity index is 1.70. The monoisotopic (exact) mass is 521 g/mol. The van der Waals surface area contributed by atoms with Gasteiger partial charge in [-0.05, 0) is 36.4 Å².